The molecule has 4 unspecified atom stereocenters. The van der Waals surface area contributed by atoms with Crippen molar-refractivity contribution in [3.63, 3.8) is 0 Å². The Hall–Kier alpha value is -2.88. The largest absolute Gasteiger partial charge is 0.378 e. The number of carbonyl (C=O) groups is 3. The molecule has 3 saturated carbocycles. The molecule has 1 aliphatic heterocycles. The van der Waals surface area contributed by atoms with E-state index in [1.165, 1.54) is 6.92 Å². The Morgan fingerprint density at radius 2 is 1.89 bits per heavy atom. The lowest BCUT2D eigenvalue weighted by molar-refractivity contribution is -0.121. The minimum Gasteiger partial charge on any atom is -0.378 e. The fourth-order valence-corrected chi connectivity index (χ4v) is 6.97. The van der Waals surface area contributed by atoms with E-state index in [4.69, 9.17) is 4.74 Å². The van der Waals surface area contributed by atoms with Gasteiger partial charge >= 0.3 is 0 Å². The van der Waals surface area contributed by atoms with Crippen LogP contribution in [-0.2, 0) is 14.3 Å². The second kappa shape index (κ2) is 9.78. The highest BCUT2D eigenvalue weighted by Crippen LogP contribution is 2.58. The summed E-state index contributed by atoms with van der Waals surface area (Å²) in [5.74, 6) is 1.84. The normalized spacial score (nSPS) is 31.0. The summed E-state index contributed by atoms with van der Waals surface area (Å²) in [4.78, 5) is 39.5. The molecule has 5 rings (SSSR count). The number of rotatable bonds is 7. The van der Waals surface area contributed by atoms with Crippen LogP contribution in [0, 0.1) is 17.8 Å². The zero-order valence-corrected chi connectivity index (χ0v) is 22.4. The van der Waals surface area contributed by atoms with Gasteiger partial charge in [-0.3, -0.25) is 14.4 Å². The summed E-state index contributed by atoms with van der Waals surface area (Å²) in [5.41, 5.74) is -0.201. The van der Waals surface area contributed by atoms with Crippen molar-refractivity contribution in [1.29, 1.82) is 0 Å². The molecule has 3 N–H and O–H groups in total. The van der Waals surface area contributed by atoms with E-state index in [1.54, 1.807) is 17.8 Å². The summed E-state index contributed by atoms with van der Waals surface area (Å²) in [6.07, 6.45) is 10.7. The fourth-order valence-electron chi connectivity index (χ4n) is 6.97. The number of amides is 3. The monoisotopic (exact) mass is 512 g/mol. The number of nitrogens with zero attached hydrogens (tertiary/aromatic N) is 3. The Labute approximate surface area is 218 Å². The maximum Gasteiger partial charge on any atom is 0.256 e. The molecular weight excluding hydrogens is 472 g/mol. The summed E-state index contributed by atoms with van der Waals surface area (Å²) in [7, 11) is 0. The van der Waals surface area contributed by atoms with Crippen LogP contribution in [0.3, 0.4) is 0 Å². The number of carbonyl (C=O) groups excluding carboxylic acids is 3. The highest BCUT2D eigenvalue weighted by Gasteiger charge is 2.63. The van der Waals surface area contributed by atoms with Gasteiger partial charge in [0.05, 0.1) is 24.9 Å². The second-order valence-electron chi connectivity index (χ2n) is 11.9. The first-order valence-electron chi connectivity index (χ1n) is 13.5. The first-order valence-corrected chi connectivity index (χ1v) is 13.5. The van der Waals surface area contributed by atoms with Crippen molar-refractivity contribution in [2.75, 3.05) is 31.2 Å². The zero-order valence-electron chi connectivity index (χ0n) is 22.4. The van der Waals surface area contributed by atoms with Crippen LogP contribution in [0.4, 0.5) is 5.82 Å². The Morgan fingerprint density at radius 1 is 1.14 bits per heavy atom. The number of hydrogen-bond donors (Lipinski definition) is 3. The summed E-state index contributed by atoms with van der Waals surface area (Å²) < 4.78 is 7.28. The van der Waals surface area contributed by atoms with Crippen LogP contribution in [0.2, 0.25) is 0 Å². The van der Waals surface area contributed by atoms with E-state index < -0.39 is 5.54 Å². The SMILES string of the molecule is CC(=O)NC(C)(C)/C=C/n1ncc(C(=O)N[C@H]2C3CCC(C3)CC3(NC(C)=O)CC23)c1N1CCOCC1. The molecule has 10 nitrogen and oxygen atoms in total. The van der Waals surface area contributed by atoms with Crippen molar-refractivity contribution in [3.8, 4) is 0 Å². The smallest absolute Gasteiger partial charge is 0.256 e. The molecule has 5 atom stereocenters. The molecule has 0 spiro atoms. The van der Waals surface area contributed by atoms with Crippen LogP contribution in [0.25, 0.3) is 6.20 Å². The van der Waals surface area contributed by atoms with Gasteiger partial charge < -0.3 is 25.6 Å². The van der Waals surface area contributed by atoms with E-state index >= 15 is 0 Å². The fraction of sp³-hybridized carbons (Fsp3) is 0.704. The zero-order chi connectivity index (χ0) is 26.4. The van der Waals surface area contributed by atoms with Gasteiger partial charge in [0, 0.05) is 50.6 Å². The van der Waals surface area contributed by atoms with Crippen molar-refractivity contribution >= 4 is 29.7 Å². The lowest BCUT2D eigenvalue weighted by atomic mass is 9.92. The number of ether oxygens (including phenoxy) is 1. The summed E-state index contributed by atoms with van der Waals surface area (Å²) >= 11 is 0. The van der Waals surface area contributed by atoms with E-state index in [9.17, 15) is 14.4 Å². The van der Waals surface area contributed by atoms with Gasteiger partial charge in [0.1, 0.15) is 11.4 Å². The number of hydrogen-bond acceptors (Lipinski definition) is 6. The first kappa shape index (κ1) is 25.8. The molecule has 1 aromatic rings. The molecule has 2 bridgehead atoms. The number of anilines is 1. The van der Waals surface area contributed by atoms with Crippen LogP contribution < -0.4 is 20.9 Å². The van der Waals surface area contributed by atoms with Gasteiger partial charge in [-0.1, -0.05) is 6.42 Å². The Balaban J connectivity index is 1.40. The van der Waals surface area contributed by atoms with Gasteiger partial charge in [-0.25, -0.2) is 4.68 Å². The topological polar surface area (TPSA) is 118 Å². The van der Waals surface area contributed by atoms with E-state index in [1.807, 2.05) is 26.1 Å². The van der Waals surface area contributed by atoms with Crippen molar-refractivity contribution < 1.29 is 19.1 Å². The molecule has 1 saturated heterocycles. The maximum absolute atomic E-state index is 13.8. The van der Waals surface area contributed by atoms with Gasteiger partial charge in [0.2, 0.25) is 11.8 Å². The second-order valence-corrected chi connectivity index (χ2v) is 11.9. The van der Waals surface area contributed by atoms with Gasteiger partial charge in [0.25, 0.3) is 5.91 Å². The number of nitrogens with one attached hydrogen (secondary N) is 3. The van der Waals surface area contributed by atoms with Crippen LogP contribution in [0.1, 0.15) is 70.2 Å². The average Bonchev–Trinajstić information content (AvgIpc) is 3.15. The molecule has 10 heteroatoms. The lowest BCUT2D eigenvalue weighted by Gasteiger charge is -2.30. The predicted octanol–water partition coefficient (Wildman–Crippen LogP) is 1.92. The van der Waals surface area contributed by atoms with Crippen molar-refractivity contribution in [2.24, 2.45) is 17.8 Å². The van der Waals surface area contributed by atoms with Crippen molar-refractivity contribution in [2.45, 2.75) is 76.9 Å². The minimum absolute atomic E-state index is 0.00945. The molecule has 0 aromatic carbocycles. The molecule has 4 fully saturated rings. The molecule has 0 radical (unpaired) electrons. The number of morpholine rings is 1. The van der Waals surface area contributed by atoms with Crippen molar-refractivity contribution in [3.05, 3.63) is 17.8 Å². The van der Waals surface area contributed by atoms with E-state index in [2.05, 4.69) is 25.9 Å². The number of fused-ring (bicyclic) bond motifs is 3. The molecule has 202 valence electrons. The molecule has 3 amide bonds. The molecule has 4 aliphatic rings. The third kappa shape index (κ3) is 5.39. The lowest BCUT2D eigenvalue weighted by Crippen LogP contribution is -2.47. The summed E-state index contributed by atoms with van der Waals surface area (Å²) in [6.45, 7) is 9.40. The van der Waals surface area contributed by atoms with Crippen molar-refractivity contribution in [1.82, 2.24) is 25.7 Å². The Bertz CT molecular complexity index is 1090. The standard InChI is InChI=1S/C27H40N6O4/c1-17(34)30-26(3,4)7-8-33-25(32-9-11-37-12-10-32)21(16-28-33)24(36)29-23-20-6-5-19(13-20)14-27(15-22(23)27)31-18(2)35/h7-8,16,19-20,22-23H,5-6,9-15H2,1-4H3,(H,29,36)(H,30,34)(H,31,35)/b8-7+/t19?,20?,22?,23-,27?/m0/s1. The van der Waals surface area contributed by atoms with Gasteiger partial charge in [-0.15, -0.1) is 0 Å². The van der Waals surface area contributed by atoms with E-state index in [0.717, 1.165) is 37.9 Å². The van der Waals surface area contributed by atoms with Gasteiger partial charge in [0.15, 0.2) is 0 Å². The predicted molar refractivity (Wildman–Crippen MR) is 140 cm³/mol. The molecule has 2 heterocycles. The highest BCUT2D eigenvalue weighted by atomic mass is 16.5. The third-order valence-corrected chi connectivity index (χ3v) is 8.49. The maximum atomic E-state index is 13.8. The third-order valence-electron chi connectivity index (χ3n) is 8.49. The van der Waals surface area contributed by atoms with Crippen LogP contribution >= 0.6 is 0 Å². The molecule has 1 aromatic heterocycles. The highest BCUT2D eigenvalue weighted by molar-refractivity contribution is 5.99. The van der Waals surface area contributed by atoms with E-state index in [-0.39, 0.29) is 35.2 Å². The summed E-state index contributed by atoms with van der Waals surface area (Å²) in [5, 5.41) is 14.1. The van der Waals surface area contributed by atoms with Crippen LogP contribution in [-0.4, -0.2) is 70.9 Å². The minimum atomic E-state index is -0.569. The molecule has 3 aliphatic carbocycles. The summed E-state index contributed by atoms with van der Waals surface area (Å²) in [6, 6.07) is 0.0435. The van der Waals surface area contributed by atoms with E-state index in [0.29, 0.717) is 43.7 Å². The first-order chi connectivity index (χ1) is 17.6. The number of aromatic nitrogens is 2. The molecule has 37 heavy (non-hydrogen) atoms. The van der Waals surface area contributed by atoms with Crippen LogP contribution in [0.15, 0.2) is 12.3 Å². The average molecular weight is 513 g/mol. The molecular formula is C27H40N6O4. The Morgan fingerprint density at radius 3 is 2.59 bits per heavy atom. The van der Waals surface area contributed by atoms with Gasteiger partial charge in [-0.05, 0) is 57.4 Å². The quantitative estimate of drug-likeness (QED) is 0.514. The Kier molecular flexibility index (Phi) is 6.81. The van der Waals surface area contributed by atoms with Crippen LogP contribution in [0.5, 0.6) is 0 Å². The van der Waals surface area contributed by atoms with Gasteiger partial charge in [-0.2, -0.15) is 5.10 Å².